The molecule has 28 heavy (non-hydrogen) atoms. The average molecular weight is 469 g/mol. The van der Waals surface area contributed by atoms with Crippen LogP contribution in [0.5, 0.6) is 0 Å². The molecule has 0 saturated carbocycles. The standard InChI is InChI=1S/C15H19Cl3O10/c1-6(19)25-9-10(26-7(2)20)12(27-8(3)21)14(24-5-15(16,17)18)28-11(9)13(22)23-4/h9-12,14H,5H2,1-4H3/t9-,10-,11-,12+,14?/m0/s1/i1D,2D,3D. The molecule has 1 aliphatic rings. The van der Waals surface area contributed by atoms with Gasteiger partial charge in [0.05, 0.1) is 13.7 Å². The van der Waals surface area contributed by atoms with Gasteiger partial charge in [-0.25, -0.2) is 4.79 Å². The number of ether oxygens (including phenoxy) is 6. The van der Waals surface area contributed by atoms with Crippen molar-refractivity contribution in [3.8, 4) is 0 Å². The van der Waals surface area contributed by atoms with E-state index in [9.17, 15) is 19.2 Å². The molecular weight excluding hydrogens is 447 g/mol. The van der Waals surface area contributed by atoms with E-state index in [4.69, 9.17) is 62.6 Å². The Kier molecular flexibility index (Phi) is 7.45. The van der Waals surface area contributed by atoms with Crippen molar-refractivity contribution in [3.05, 3.63) is 0 Å². The maximum atomic E-state index is 12.2. The molecule has 1 aliphatic heterocycles. The molecule has 10 nitrogen and oxygen atoms in total. The van der Waals surface area contributed by atoms with Gasteiger partial charge in [-0.15, -0.1) is 0 Å². The summed E-state index contributed by atoms with van der Waals surface area (Å²) in [6.45, 7) is -3.24. The van der Waals surface area contributed by atoms with Crippen LogP contribution in [0.3, 0.4) is 0 Å². The Hall–Kier alpha value is -1.33. The molecule has 1 heterocycles. The predicted octanol–water partition coefficient (Wildman–Crippen LogP) is 1.07. The number of esters is 4. The van der Waals surface area contributed by atoms with Crippen LogP contribution in [0.2, 0.25) is 0 Å². The maximum Gasteiger partial charge on any atom is 0.339 e. The Morgan fingerprint density at radius 3 is 1.89 bits per heavy atom. The zero-order valence-corrected chi connectivity index (χ0v) is 16.7. The number of carbonyl (C=O) groups excluding carboxylic acids is 4. The van der Waals surface area contributed by atoms with E-state index in [1.165, 1.54) is 0 Å². The van der Waals surface area contributed by atoms with Crippen molar-refractivity contribution in [2.45, 2.75) is 55.2 Å². The van der Waals surface area contributed by atoms with Crippen molar-refractivity contribution in [2.24, 2.45) is 0 Å². The van der Waals surface area contributed by atoms with Gasteiger partial charge in [-0.3, -0.25) is 14.4 Å². The van der Waals surface area contributed by atoms with Crippen LogP contribution >= 0.6 is 34.8 Å². The minimum atomic E-state index is -1.96. The van der Waals surface area contributed by atoms with Gasteiger partial charge in [-0.05, 0) is 0 Å². The van der Waals surface area contributed by atoms with Gasteiger partial charge >= 0.3 is 23.9 Å². The summed E-state index contributed by atoms with van der Waals surface area (Å²) < 4.78 is 49.8. The van der Waals surface area contributed by atoms with Gasteiger partial charge in [0.2, 0.25) is 3.79 Å². The fourth-order valence-corrected chi connectivity index (χ4v) is 2.46. The van der Waals surface area contributed by atoms with Crippen LogP contribution in [0.4, 0.5) is 0 Å². The highest BCUT2D eigenvalue weighted by Gasteiger charge is 2.55. The van der Waals surface area contributed by atoms with E-state index in [1.54, 1.807) is 0 Å². The van der Waals surface area contributed by atoms with Crippen LogP contribution in [0.25, 0.3) is 0 Å². The smallest absolute Gasteiger partial charge is 0.339 e. The lowest BCUT2D eigenvalue weighted by Gasteiger charge is -2.43. The second-order valence-corrected chi connectivity index (χ2v) is 7.75. The van der Waals surface area contributed by atoms with Crippen molar-refractivity contribution in [1.29, 1.82) is 0 Å². The van der Waals surface area contributed by atoms with Gasteiger partial charge in [0.1, 0.15) is 0 Å². The summed E-state index contributed by atoms with van der Waals surface area (Å²) >= 11 is 16.9. The number of halogens is 3. The van der Waals surface area contributed by atoms with Crippen LogP contribution < -0.4 is 0 Å². The Morgan fingerprint density at radius 2 is 1.43 bits per heavy atom. The SMILES string of the molecule is [2H]CC(=O)O[C@H]1[C@H](OC(=O)C[2H])[C@@H](OC(=O)C[2H])C(OCC(Cl)(Cl)Cl)O[C@@H]1C(=O)OC. The zero-order valence-electron chi connectivity index (χ0n) is 17.4. The van der Waals surface area contributed by atoms with Crippen molar-refractivity contribution in [2.75, 3.05) is 13.7 Å². The number of rotatable bonds is 6. The number of carbonyl (C=O) groups is 4. The first-order valence-electron chi connectivity index (χ1n) is 9.47. The van der Waals surface area contributed by atoms with Crippen molar-refractivity contribution in [1.82, 2.24) is 0 Å². The first kappa shape index (κ1) is 20.0. The molecule has 0 spiro atoms. The fraction of sp³-hybridized carbons (Fsp3) is 0.733. The van der Waals surface area contributed by atoms with E-state index in [0.29, 0.717) is 0 Å². The third kappa shape index (κ3) is 7.59. The van der Waals surface area contributed by atoms with E-state index < -0.39 is 85.7 Å². The summed E-state index contributed by atoms with van der Waals surface area (Å²) in [5.74, 6) is -4.50. The molecular formula is C15H19Cl3O10. The number of alkyl halides is 3. The van der Waals surface area contributed by atoms with E-state index >= 15 is 0 Å². The van der Waals surface area contributed by atoms with Crippen molar-refractivity contribution in [3.63, 3.8) is 0 Å². The fourth-order valence-electron chi connectivity index (χ4n) is 2.27. The van der Waals surface area contributed by atoms with Gasteiger partial charge in [0.25, 0.3) is 0 Å². The molecule has 0 aromatic carbocycles. The first-order chi connectivity index (χ1) is 14.5. The second-order valence-electron chi connectivity index (χ2n) is 5.24. The van der Waals surface area contributed by atoms with E-state index in [0.717, 1.165) is 7.11 Å². The molecule has 0 aromatic rings. The maximum absolute atomic E-state index is 12.2. The molecule has 1 fully saturated rings. The number of hydrogen-bond donors (Lipinski definition) is 0. The quantitative estimate of drug-likeness (QED) is 0.317. The van der Waals surface area contributed by atoms with Gasteiger partial charge in [0.15, 0.2) is 30.7 Å². The number of hydrogen-bond acceptors (Lipinski definition) is 10. The highest BCUT2D eigenvalue weighted by Crippen LogP contribution is 2.33. The highest BCUT2D eigenvalue weighted by atomic mass is 35.6. The van der Waals surface area contributed by atoms with Crippen LogP contribution in [-0.2, 0) is 47.6 Å². The molecule has 1 unspecified atom stereocenters. The molecule has 0 aliphatic carbocycles. The molecule has 13 heteroatoms. The minimum Gasteiger partial charge on any atom is -0.467 e. The summed E-state index contributed by atoms with van der Waals surface area (Å²) in [7, 11) is 0.989. The van der Waals surface area contributed by atoms with Crippen LogP contribution in [-0.4, -0.2) is 72.1 Å². The molecule has 0 amide bonds. The first-order valence-corrected chi connectivity index (χ1v) is 8.48. The lowest BCUT2D eigenvalue weighted by Crippen LogP contribution is -2.64. The van der Waals surface area contributed by atoms with Gasteiger partial charge in [-0.2, -0.15) is 0 Å². The monoisotopic (exact) mass is 467 g/mol. The molecule has 160 valence electrons. The summed E-state index contributed by atoms with van der Waals surface area (Å²) in [5, 5.41) is 0. The minimum absolute atomic E-state index is 0.637. The van der Waals surface area contributed by atoms with Crippen LogP contribution in [0.1, 0.15) is 24.8 Å². The molecule has 5 atom stereocenters. The average Bonchev–Trinajstić information content (AvgIpc) is 2.73. The third-order valence-electron chi connectivity index (χ3n) is 3.14. The van der Waals surface area contributed by atoms with E-state index in [1.807, 2.05) is 0 Å². The second kappa shape index (κ2) is 10.4. The summed E-state index contributed by atoms with van der Waals surface area (Å²) in [4.78, 5) is 47.6. The van der Waals surface area contributed by atoms with Gasteiger partial charge in [-0.1, -0.05) is 34.8 Å². The summed E-state index contributed by atoms with van der Waals surface area (Å²) in [6, 6.07) is 0. The lowest BCUT2D eigenvalue weighted by molar-refractivity contribution is -0.301. The van der Waals surface area contributed by atoms with Crippen LogP contribution in [0, 0.1) is 0 Å². The summed E-state index contributed by atoms with van der Waals surface area (Å²) in [5.41, 5.74) is 0. The Morgan fingerprint density at radius 1 is 0.929 bits per heavy atom. The largest absolute Gasteiger partial charge is 0.467 e. The predicted molar refractivity (Wildman–Crippen MR) is 93.6 cm³/mol. The molecule has 0 radical (unpaired) electrons. The molecule has 0 aromatic heterocycles. The highest BCUT2D eigenvalue weighted by molar-refractivity contribution is 6.67. The van der Waals surface area contributed by atoms with E-state index in [-0.39, 0.29) is 0 Å². The molecule has 1 rings (SSSR count). The molecule has 0 bridgehead atoms. The van der Waals surface area contributed by atoms with Gasteiger partial charge in [0, 0.05) is 24.8 Å². The Balaban J connectivity index is 3.43. The Labute approximate surface area is 179 Å². The molecule has 0 N–H and O–H groups in total. The normalized spacial score (nSPS) is 28.9. The topological polar surface area (TPSA) is 124 Å². The van der Waals surface area contributed by atoms with Crippen molar-refractivity contribution < 1.29 is 51.7 Å². The van der Waals surface area contributed by atoms with E-state index in [2.05, 4.69) is 4.74 Å². The molecule has 1 saturated heterocycles. The zero-order chi connectivity index (χ0) is 23.8. The van der Waals surface area contributed by atoms with Crippen LogP contribution in [0.15, 0.2) is 0 Å². The van der Waals surface area contributed by atoms with Crippen molar-refractivity contribution >= 4 is 58.7 Å². The van der Waals surface area contributed by atoms with Gasteiger partial charge < -0.3 is 28.4 Å². The Bertz CT molecular complexity index is 663. The lowest BCUT2D eigenvalue weighted by atomic mass is 9.97. The third-order valence-corrected chi connectivity index (χ3v) is 3.47. The number of methoxy groups -OCH3 is 1. The summed E-state index contributed by atoms with van der Waals surface area (Å²) in [6.07, 6.45) is -8.68.